The summed E-state index contributed by atoms with van der Waals surface area (Å²) in [6, 6.07) is 7.98. The Kier molecular flexibility index (Phi) is 5.07. The monoisotopic (exact) mass is 383 g/mol. The molecule has 0 spiro atoms. The van der Waals surface area contributed by atoms with E-state index < -0.39 is 0 Å². The standard InChI is InChI=1S/C21H25N3O4/c1-21(2)13-15-5-3-6-17(19(15)28-21)26-14-18(25)24-11-7-16(8-12-24)27-20-22-9-4-10-23-20/h3-6,9-10,16H,7-8,11-14H2,1-2H3. The molecule has 2 aliphatic heterocycles. The second-order valence-electron chi connectivity index (χ2n) is 7.80. The molecule has 148 valence electrons. The maximum Gasteiger partial charge on any atom is 0.316 e. The lowest BCUT2D eigenvalue weighted by atomic mass is 10.0. The Hall–Kier alpha value is -2.83. The van der Waals surface area contributed by atoms with Crippen molar-refractivity contribution in [3.63, 3.8) is 0 Å². The molecule has 0 atom stereocenters. The van der Waals surface area contributed by atoms with Gasteiger partial charge < -0.3 is 19.1 Å². The summed E-state index contributed by atoms with van der Waals surface area (Å²) in [7, 11) is 0. The van der Waals surface area contributed by atoms with Crippen LogP contribution in [0.25, 0.3) is 0 Å². The van der Waals surface area contributed by atoms with Crippen LogP contribution in [0, 0.1) is 0 Å². The van der Waals surface area contributed by atoms with Crippen molar-refractivity contribution in [2.45, 2.75) is 44.8 Å². The Bertz CT molecular complexity index is 833. The summed E-state index contributed by atoms with van der Waals surface area (Å²) in [6.45, 7) is 5.38. The van der Waals surface area contributed by atoms with Gasteiger partial charge in [-0.1, -0.05) is 12.1 Å². The van der Waals surface area contributed by atoms with Crippen LogP contribution in [0.5, 0.6) is 17.5 Å². The highest BCUT2D eigenvalue weighted by atomic mass is 16.5. The first-order valence-electron chi connectivity index (χ1n) is 9.65. The van der Waals surface area contributed by atoms with E-state index in [4.69, 9.17) is 14.2 Å². The van der Waals surface area contributed by atoms with E-state index in [1.54, 1.807) is 18.5 Å². The maximum atomic E-state index is 12.6. The van der Waals surface area contributed by atoms with Crippen molar-refractivity contribution in [3.05, 3.63) is 42.2 Å². The maximum absolute atomic E-state index is 12.6. The number of rotatable bonds is 5. The molecule has 4 rings (SSSR count). The van der Waals surface area contributed by atoms with Gasteiger partial charge in [-0.15, -0.1) is 0 Å². The van der Waals surface area contributed by atoms with Crippen LogP contribution in [0.1, 0.15) is 32.3 Å². The van der Waals surface area contributed by atoms with Crippen LogP contribution >= 0.6 is 0 Å². The first-order valence-corrected chi connectivity index (χ1v) is 9.65. The fraction of sp³-hybridized carbons (Fsp3) is 0.476. The van der Waals surface area contributed by atoms with Gasteiger partial charge in [-0.05, 0) is 26.0 Å². The molecule has 1 aromatic heterocycles. The molecule has 0 unspecified atom stereocenters. The lowest BCUT2D eigenvalue weighted by Crippen LogP contribution is -2.43. The van der Waals surface area contributed by atoms with Crippen molar-refractivity contribution >= 4 is 5.91 Å². The second-order valence-corrected chi connectivity index (χ2v) is 7.80. The topological polar surface area (TPSA) is 73.8 Å². The number of hydrogen-bond donors (Lipinski definition) is 0. The highest BCUT2D eigenvalue weighted by Gasteiger charge is 2.32. The van der Waals surface area contributed by atoms with Crippen LogP contribution < -0.4 is 14.2 Å². The number of likely N-dealkylation sites (tertiary alicyclic amines) is 1. The minimum Gasteiger partial charge on any atom is -0.483 e. The van der Waals surface area contributed by atoms with E-state index in [1.165, 1.54) is 0 Å². The number of hydrogen-bond acceptors (Lipinski definition) is 6. The fourth-order valence-corrected chi connectivity index (χ4v) is 3.65. The smallest absolute Gasteiger partial charge is 0.316 e. The van der Waals surface area contributed by atoms with Crippen LogP contribution in [0.15, 0.2) is 36.7 Å². The number of para-hydroxylation sites is 1. The Morgan fingerprint density at radius 1 is 1.21 bits per heavy atom. The van der Waals surface area contributed by atoms with Gasteiger partial charge in [0.25, 0.3) is 5.91 Å². The Morgan fingerprint density at radius 3 is 2.71 bits per heavy atom. The van der Waals surface area contributed by atoms with Crippen LogP contribution in [0.2, 0.25) is 0 Å². The minimum absolute atomic E-state index is 0.00750. The predicted molar refractivity (Wildman–Crippen MR) is 103 cm³/mol. The quantitative estimate of drug-likeness (QED) is 0.790. The van der Waals surface area contributed by atoms with E-state index in [0.29, 0.717) is 24.8 Å². The Labute approximate surface area is 164 Å². The molecular weight excluding hydrogens is 358 g/mol. The molecule has 2 aliphatic rings. The van der Waals surface area contributed by atoms with E-state index in [1.807, 2.05) is 23.1 Å². The number of aromatic nitrogens is 2. The third-order valence-electron chi connectivity index (χ3n) is 5.01. The second kappa shape index (κ2) is 7.66. The molecule has 0 saturated carbocycles. The molecule has 28 heavy (non-hydrogen) atoms. The number of carbonyl (C=O) groups is 1. The SMILES string of the molecule is CC1(C)Cc2cccc(OCC(=O)N3CCC(Oc4ncccn4)CC3)c2O1. The molecule has 0 radical (unpaired) electrons. The number of ether oxygens (including phenoxy) is 3. The van der Waals surface area contributed by atoms with Gasteiger partial charge in [0.15, 0.2) is 18.1 Å². The third-order valence-corrected chi connectivity index (χ3v) is 5.01. The molecule has 3 heterocycles. The summed E-state index contributed by atoms with van der Waals surface area (Å²) in [6.07, 6.45) is 5.68. The number of amides is 1. The van der Waals surface area contributed by atoms with Crippen molar-refractivity contribution in [3.8, 4) is 17.5 Å². The normalized spacial score (nSPS) is 18.3. The van der Waals surface area contributed by atoms with Crippen molar-refractivity contribution in [2.24, 2.45) is 0 Å². The molecule has 0 N–H and O–H groups in total. The van der Waals surface area contributed by atoms with Crippen molar-refractivity contribution in [2.75, 3.05) is 19.7 Å². The number of benzene rings is 1. The summed E-state index contributed by atoms with van der Waals surface area (Å²) in [4.78, 5) is 22.5. The Balaban J connectivity index is 1.28. The molecule has 1 aromatic carbocycles. The van der Waals surface area contributed by atoms with Crippen molar-refractivity contribution in [1.29, 1.82) is 0 Å². The molecule has 1 fully saturated rings. The van der Waals surface area contributed by atoms with Gasteiger partial charge in [-0.2, -0.15) is 0 Å². The highest BCUT2D eigenvalue weighted by molar-refractivity contribution is 5.78. The number of nitrogens with zero attached hydrogens (tertiary/aromatic N) is 3. The zero-order valence-electron chi connectivity index (χ0n) is 16.3. The highest BCUT2D eigenvalue weighted by Crippen LogP contribution is 2.41. The lowest BCUT2D eigenvalue weighted by Gasteiger charge is -2.31. The van der Waals surface area contributed by atoms with Gasteiger partial charge in [-0.25, -0.2) is 9.97 Å². The first-order chi connectivity index (χ1) is 13.5. The third kappa shape index (κ3) is 4.18. The average molecular weight is 383 g/mol. The molecule has 1 saturated heterocycles. The predicted octanol–water partition coefficient (Wildman–Crippen LogP) is 2.64. The number of piperidine rings is 1. The largest absolute Gasteiger partial charge is 0.483 e. The van der Waals surface area contributed by atoms with E-state index in [-0.39, 0.29) is 24.2 Å². The molecule has 0 bridgehead atoms. The summed E-state index contributed by atoms with van der Waals surface area (Å²) >= 11 is 0. The van der Waals surface area contributed by atoms with Gasteiger partial charge >= 0.3 is 6.01 Å². The van der Waals surface area contributed by atoms with Crippen LogP contribution in [-0.4, -0.2) is 52.2 Å². The minimum atomic E-state index is -0.240. The molecule has 7 heteroatoms. The van der Waals surface area contributed by atoms with Crippen LogP contribution in [0.4, 0.5) is 0 Å². The summed E-state index contributed by atoms with van der Waals surface area (Å²) in [5.74, 6) is 1.37. The Morgan fingerprint density at radius 2 is 1.96 bits per heavy atom. The van der Waals surface area contributed by atoms with Crippen LogP contribution in [0.3, 0.4) is 0 Å². The lowest BCUT2D eigenvalue weighted by molar-refractivity contribution is -0.135. The van der Waals surface area contributed by atoms with Crippen molar-refractivity contribution < 1.29 is 19.0 Å². The zero-order valence-corrected chi connectivity index (χ0v) is 16.3. The van der Waals surface area contributed by atoms with E-state index in [9.17, 15) is 4.79 Å². The van der Waals surface area contributed by atoms with Crippen LogP contribution in [-0.2, 0) is 11.2 Å². The van der Waals surface area contributed by atoms with Gasteiger partial charge in [0, 0.05) is 50.3 Å². The number of fused-ring (bicyclic) bond motifs is 1. The summed E-state index contributed by atoms with van der Waals surface area (Å²) in [5, 5.41) is 0. The molecular formula is C21H25N3O4. The van der Waals surface area contributed by atoms with Crippen molar-refractivity contribution in [1.82, 2.24) is 14.9 Å². The first kappa shape index (κ1) is 18.5. The zero-order chi connectivity index (χ0) is 19.6. The average Bonchev–Trinajstić information content (AvgIpc) is 3.02. The summed E-state index contributed by atoms with van der Waals surface area (Å²) in [5.41, 5.74) is 0.881. The van der Waals surface area contributed by atoms with Gasteiger partial charge in [0.1, 0.15) is 11.7 Å². The van der Waals surface area contributed by atoms with Gasteiger partial charge in [-0.3, -0.25) is 4.79 Å². The molecule has 0 aliphatic carbocycles. The summed E-state index contributed by atoms with van der Waals surface area (Å²) < 4.78 is 17.6. The van der Waals surface area contributed by atoms with E-state index in [0.717, 1.165) is 30.6 Å². The number of carbonyl (C=O) groups excluding carboxylic acids is 1. The molecule has 2 aromatic rings. The van der Waals surface area contributed by atoms with E-state index in [2.05, 4.69) is 23.8 Å². The van der Waals surface area contributed by atoms with E-state index >= 15 is 0 Å². The van der Waals surface area contributed by atoms with Gasteiger partial charge in [0.05, 0.1) is 0 Å². The molecule has 1 amide bonds. The van der Waals surface area contributed by atoms with Gasteiger partial charge in [0.2, 0.25) is 0 Å². The fourth-order valence-electron chi connectivity index (χ4n) is 3.65. The molecule has 7 nitrogen and oxygen atoms in total.